The zero-order valence-electron chi connectivity index (χ0n) is 17.0. The molecule has 5 rings (SSSR count). The Morgan fingerprint density at radius 2 is 1.90 bits per heavy atom. The van der Waals surface area contributed by atoms with E-state index >= 15 is 0 Å². The van der Waals surface area contributed by atoms with Crippen molar-refractivity contribution in [2.45, 2.75) is 24.8 Å². The molecule has 3 aromatic rings. The zero-order chi connectivity index (χ0) is 20.7. The molecule has 1 fully saturated rings. The van der Waals surface area contributed by atoms with E-state index in [0.717, 1.165) is 36.3 Å². The van der Waals surface area contributed by atoms with Gasteiger partial charge >= 0.3 is 0 Å². The summed E-state index contributed by atoms with van der Waals surface area (Å²) in [5, 5.41) is 0.857. The van der Waals surface area contributed by atoms with Crippen LogP contribution in [0.3, 0.4) is 0 Å². The van der Waals surface area contributed by atoms with Crippen LogP contribution in [0.1, 0.15) is 16.7 Å². The van der Waals surface area contributed by atoms with E-state index in [4.69, 9.17) is 4.74 Å². The van der Waals surface area contributed by atoms with Crippen molar-refractivity contribution < 1.29 is 13.2 Å². The van der Waals surface area contributed by atoms with Crippen LogP contribution in [-0.4, -0.2) is 55.4 Å². The third-order valence-electron chi connectivity index (χ3n) is 5.92. The maximum atomic E-state index is 13.3. The minimum absolute atomic E-state index is 0.298. The minimum atomic E-state index is -3.58. The van der Waals surface area contributed by atoms with Gasteiger partial charge in [-0.3, -0.25) is 9.88 Å². The molecule has 0 aliphatic carbocycles. The Morgan fingerprint density at radius 1 is 1.07 bits per heavy atom. The number of hydrogen-bond donors (Lipinski definition) is 0. The first-order valence-electron chi connectivity index (χ1n) is 10.3. The number of sulfonamides is 1. The van der Waals surface area contributed by atoms with Gasteiger partial charge in [0.05, 0.1) is 12.1 Å². The van der Waals surface area contributed by atoms with Gasteiger partial charge in [0.25, 0.3) is 0 Å². The molecule has 1 aromatic heterocycles. The summed E-state index contributed by atoms with van der Waals surface area (Å²) in [4.78, 5) is 7.03. The molecule has 0 bridgehead atoms. The van der Waals surface area contributed by atoms with Crippen molar-refractivity contribution in [3.8, 4) is 5.75 Å². The van der Waals surface area contributed by atoms with Crippen molar-refractivity contribution in [2.75, 3.05) is 32.8 Å². The Labute approximate surface area is 177 Å². The molecule has 0 amide bonds. The van der Waals surface area contributed by atoms with Crippen LogP contribution in [-0.2, 0) is 23.0 Å². The second-order valence-electron chi connectivity index (χ2n) is 8.06. The molecular formula is C23H25N3O3S. The molecule has 156 valence electrons. The number of pyridine rings is 1. The third-order valence-corrected chi connectivity index (χ3v) is 7.85. The molecule has 0 unspecified atom stereocenters. The number of hydrogen-bond acceptors (Lipinski definition) is 5. The highest BCUT2D eigenvalue weighted by Crippen LogP contribution is 2.28. The van der Waals surface area contributed by atoms with Gasteiger partial charge in [-0.1, -0.05) is 24.3 Å². The lowest BCUT2D eigenvalue weighted by Crippen LogP contribution is -2.48. The summed E-state index contributed by atoms with van der Waals surface area (Å²) in [5.41, 5.74) is 4.09. The predicted molar refractivity (Wildman–Crippen MR) is 116 cm³/mol. The molecule has 7 heteroatoms. The Kier molecular flexibility index (Phi) is 4.97. The fourth-order valence-electron chi connectivity index (χ4n) is 4.31. The Bertz CT molecular complexity index is 1200. The molecule has 2 aromatic carbocycles. The van der Waals surface area contributed by atoms with E-state index in [1.54, 1.807) is 22.6 Å². The number of nitrogens with zero attached hydrogens (tertiary/aromatic N) is 3. The number of para-hydroxylation sites is 1. The van der Waals surface area contributed by atoms with Crippen LogP contribution < -0.4 is 4.74 Å². The standard InChI is InChI=1S/C23H25N3O3S/c1-17-13-20-3-2-4-22(23(20)24-15-17)30(27,28)26-10-8-25(9-11-26)16-18-5-6-21-19(14-18)7-12-29-21/h2-6,13-15H,7-12,16H2,1H3. The van der Waals surface area contributed by atoms with Crippen LogP contribution in [0.4, 0.5) is 0 Å². The van der Waals surface area contributed by atoms with Gasteiger partial charge in [0.1, 0.15) is 10.6 Å². The highest BCUT2D eigenvalue weighted by molar-refractivity contribution is 7.89. The monoisotopic (exact) mass is 423 g/mol. The number of fused-ring (bicyclic) bond motifs is 2. The van der Waals surface area contributed by atoms with Gasteiger partial charge in [-0.2, -0.15) is 4.31 Å². The molecule has 30 heavy (non-hydrogen) atoms. The normalized spacial score (nSPS) is 17.8. The largest absolute Gasteiger partial charge is 0.493 e. The van der Waals surface area contributed by atoms with Crippen molar-refractivity contribution in [3.63, 3.8) is 0 Å². The zero-order valence-corrected chi connectivity index (χ0v) is 17.9. The number of ether oxygens (including phenoxy) is 1. The summed E-state index contributed by atoms with van der Waals surface area (Å²) >= 11 is 0. The lowest BCUT2D eigenvalue weighted by Gasteiger charge is -2.34. The fraction of sp³-hybridized carbons (Fsp3) is 0.348. The topological polar surface area (TPSA) is 62.7 Å². The molecule has 6 nitrogen and oxygen atoms in total. The number of aromatic nitrogens is 1. The van der Waals surface area contributed by atoms with Crippen molar-refractivity contribution in [1.82, 2.24) is 14.2 Å². The maximum Gasteiger partial charge on any atom is 0.245 e. The molecule has 3 heterocycles. The van der Waals surface area contributed by atoms with Gasteiger partial charge in [0.2, 0.25) is 10.0 Å². The number of piperazine rings is 1. The number of benzene rings is 2. The van der Waals surface area contributed by atoms with Gasteiger partial charge in [0, 0.05) is 50.7 Å². The highest BCUT2D eigenvalue weighted by Gasteiger charge is 2.30. The average molecular weight is 424 g/mol. The number of rotatable bonds is 4. The second-order valence-corrected chi connectivity index (χ2v) is 9.97. The molecule has 0 saturated carbocycles. The number of aryl methyl sites for hydroxylation is 1. The van der Waals surface area contributed by atoms with Crippen LogP contribution >= 0.6 is 0 Å². The summed E-state index contributed by atoms with van der Waals surface area (Å²) in [6, 6.07) is 13.7. The molecule has 0 N–H and O–H groups in total. The average Bonchev–Trinajstić information content (AvgIpc) is 3.21. The summed E-state index contributed by atoms with van der Waals surface area (Å²) in [5.74, 6) is 0.994. The Hall–Kier alpha value is -2.48. The summed E-state index contributed by atoms with van der Waals surface area (Å²) in [6.45, 7) is 5.94. The summed E-state index contributed by atoms with van der Waals surface area (Å²) in [7, 11) is -3.58. The fourth-order valence-corrected chi connectivity index (χ4v) is 5.90. The van der Waals surface area contributed by atoms with Gasteiger partial charge in [-0.15, -0.1) is 0 Å². The van der Waals surface area contributed by atoms with Crippen LogP contribution in [0.25, 0.3) is 10.9 Å². The van der Waals surface area contributed by atoms with E-state index in [0.29, 0.717) is 36.6 Å². The summed E-state index contributed by atoms with van der Waals surface area (Å²) < 4.78 is 33.8. The van der Waals surface area contributed by atoms with Crippen molar-refractivity contribution in [3.05, 3.63) is 65.4 Å². The molecule has 1 saturated heterocycles. The second kappa shape index (κ2) is 7.65. The van der Waals surface area contributed by atoms with Crippen LogP contribution in [0.15, 0.2) is 53.6 Å². The van der Waals surface area contributed by atoms with Crippen LogP contribution in [0.2, 0.25) is 0 Å². The van der Waals surface area contributed by atoms with Crippen molar-refractivity contribution >= 4 is 20.9 Å². The first-order chi connectivity index (χ1) is 14.5. The lowest BCUT2D eigenvalue weighted by molar-refractivity contribution is 0.181. The SMILES string of the molecule is Cc1cnc2c(S(=O)(=O)N3CCN(Cc4ccc5c(c4)CCO5)CC3)cccc2c1. The van der Waals surface area contributed by atoms with Crippen molar-refractivity contribution in [1.29, 1.82) is 0 Å². The predicted octanol–water partition coefficient (Wildman–Crippen LogP) is 2.98. The van der Waals surface area contributed by atoms with Gasteiger partial charge in [0.15, 0.2) is 0 Å². The summed E-state index contributed by atoms with van der Waals surface area (Å²) in [6.07, 6.45) is 2.69. The molecule has 0 spiro atoms. The Morgan fingerprint density at radius 3 is 2.73 bits per heavy atom. The van der Waals surface area contributed by atoms with Gasteiger partial charge < -0.3 is 4.74 Å². The third kappa shape index (κ3) is 3.57. The molecule has 2 aliphatic rings. The van der Waals surface area contributed by atoms with Gasteiger partial charge in [-0.25, -0.2) is 8.42 Å². The highest BCUT2D eigenvalue weighted by atomic mass is 32.2. The quantitative estimate of drug-likeness (QED) is 0.646. The molecule has 0 radical (unpaired) electrons. The van der Waals surface area contributed by atoms with Crippen molar-refractivity contribution in [2.24, 2.45) is 0 Å². The first kappa shape index (κ1) is 19.5. The molecule has 0 atom stereocenters. The lowest BCUT2D eigenvalue weighted by atomic mass is 10.1. The molecule has 2 aliphatic heterocycles. The van der Waals surface area contributed by atoms with E-state index in [1.165, 1.54) is 11.1 Å². The minimum Gasteiger partial charge on any atom is -0.493 e. The van der Waals surface area contributed by atoms with E-state index in [-0.39, 0.29) is 0 Å². The first-order valence-corrected chi connectivity index (χ1v) is 11.8. The molecular weight excluding hydrogens is 398 g/mol. The van der Waals surface area contributed by atoms with E-state index in [9.17, 15) is 8.42 Å². The van der Waals surface area contributed by atoms with E-state index in [2.05, 4.69) is 22.0 Å². The van der Waals surface area contributed by atoms with Gasteiger partial charge in [-0.05, 0) is 41.8 Å². The van der Waals surface area contributed by atoms with Crippen LogP contribution in [0.5, 0.6) is 5.75 Å². The van der Waals surface area contributed by atoms with E-state index < -0.39 is 10.0 Å². The van der Waals surface area contributed by atoms with Crippen LogP contribution in [0, 0.1) is 6.92 Å². The maximum absolute atomic E-state index is 13.3. The Balaban J connectivity index is 1.30. The smallest absolute Gasteiger partial charge is 0.245 e. The van der Waals surface area contributed by atoms with E-state index in [1.807, 2.05) is 25.1 Å².